The van der Waals surface area contributed by atoms with Crippen molar-refractivity contribution in [1.29, 1.82) is 0 Å². The van der Waals surface area contributed by atoms with Gasteiger partial charge in [-0.2, -0.15) is 15.3 Å². The van der Waals surface area contributed by atoms with Gasteiger partial charge in [-0.3, -0.25) is 15.4 Å². The van der Waals surface area contributed by atoms with Gasteiger partial charge in [-0.15, -0.1) is 0 Å². The summed E-state index contributed by atoms with van der Waals surface area (Å²) < 4.78 is 0. The summed E-state index contributed by atoms with van der Waals surface area (Å²) in [7, 11) is 3.78. The minimum Gasteiger partial charge on any atom is -0.278 e. The minimum atomic E-state index is 0.583. The maximum absolute atomic E-state index is 4.49. The van der Waals surface area contributed by atoms with Gasteiger partial charge in [0.25, 0.3) is 0 Å². The van der Waals surface area contributed by atoms with Gasteiger partial charge < -0.3 is 0 Å². The molecule has 0 radical (unpaired) electrons. The molecule has 0 unspecified atom stereocenters. The summed E-state index contributed by atoms with van der Waals surface area (Å²) in [4.78, 5) is 0. The summed E-state index contributed by atoms with van der Waals surface area (Å²) in [5.74, 6) is 0. The zero-order valence-corrected chi connectivity index (χ0v) is 16.6. The Morgan fingerprint density at radius 3 is 1.52 bits per heavy atom. The fourth-order valence-corrected chi connectivity index (χ4v) is 2.45. The van der Waals surface area contributed by atoms with E-state index in [1.54, 1.807) is 22.4 Å². The highest BCUT2D eigenvalue weighted by molar-refractivity contribution is 6.56. The van der Waals surface area contributed by atoms with Gasteiger partial charge >= 0.3 is 0 Å². The molecule has 3 aromatic rings. The van der Waals surface area contributed by atoms with Crippen LogP contribution in [0.15, 0.2) is 106 Å². The molecule has 0 atom stereocenters. The lowest BCUT2D eigenvalue weighted by Crippen LogP contribution is -2.16. The molecule has 0 saturated heterocycles. The average molecular weight is 384 g/mol. The molecule has 0 amide bonds. The van der Waals surface area contributed by atoms with Gasteiger partial charge in [0.2, 0.25) is 0 Å². The zero-order valence-electron chi connectivity index (χ0n) is 16.6. The van der Waals surface area contributed by atoms with Crippen molar-refractivity contribution in [3.63, 3.8) is 0 Å². The first-order valence-corrected chi connectivity index (χ1v) is 9.26. The van der Waals surface area contributed by atoms with E-state index in [0.717, 1.165) is 17.1 Å². The van der Waals surface area contributed by atoms with Crippen LogP contribution in [0.3, 0.4) is 0 Å². The third-order valence-electron chi connectivity index (χ3n) is 4.07. The second kappa shape index (κ2) is 10.4. The van der Waals surface area contributed by atoms with Crippen molar-refractivity contribution in [1.82, 2.24) is 0 Å². The molecule has 0 aromatic heterocycles. The van der Waals surface area contributed by atoms with Crippen LogP contribution in [0.25, 0.3) is 0 Å². The first-order valence-electron chi connectivity index (χ1n) is 9.26. The number of hydrogen-bond donors (Lipinski definition) is 1. The lowest BCUT2D eigenvalue weighted by Gasteiger charge is -2.13. The van der Waals surface area contributed by atoms with Gasteiger partial charge in [-0.1, -0.05) is 54.6 Å². The molecule has 1 N–H and O–H groups in total. The molecule has 0 saturated carbocycles. The Morgan fingerprint density at radius 2 is 1.07 bits per heavy atom. The van der Waals surface area contributed by atoms with E-state index in [0.29, 0.717) is 5.71 Å². The zero-order chi connectivity index (χ0) is 20.3. The molecular formula is C23H24N6. The lowest BCUT2D eigenvalue weighted by atomic mass is 10.3. The van der Waals surface area contributed by atoms with E-state index >= 15 is 0 Å². The Kier molecular flexibility index (Phi) is 7.12. The van der Waals surface area contributed by atoms with Crippen molar-refractivity contribution in [2.45, 2.75) is 0 Å². The van der Waals surface area contributed by atoms with E-state index in [2.05, 4.69) is 20.7 Å². The fraction of sp³-hybridized carbons (Fsp3) is 0.0870. The Labute approximate surface area is 171 Å². The van der Waals surface area contributed by atoms with Crippen LogP contribution in [0.5, 0.6) is 0 Å². The number of nitrogens with zero attached hydrogens (tertiary/aromatic N) is 5. The molecule has 6 nitrogen and oxygen atoms in total. The number of nitrogens with one attached hydrogen (secondary N) is 1. The van der Waals surface area contributed by atoms with Crippen molar-refractivity contribution in [2.75, 3.05) is 29.5 Å². The highest BCUT2D eigenvalue weighted by Crippen LogP contribution is 2.12. The largest absolute Gasteiger partial charge is 0.278 e. The van der Waals surface area contributed by atoms with Crippen LogP contribution < -0.4 is 15.4 Å². The summed E-state index contributed by atoms with van der Waals surface area (Å²) in [6, 6.07) is 29.6. The summed E-state index contributed by atoms with van der Waals surface area (Å²) in [5, 5.41) is 17.0. The summed E-state index contributed by atoms with van der Waals surface area (Å²) in [6.07, 6.45) is 3.34. The van der Waals surface area contributed by atoms with Crippen LogP contribution in [-0.4, -0.2) is 32.2 Å². The number of hydrogen-bond acceptors (Lipinski definition) is 6. The summed E-state index contributed by atoms with van der Waals surface area (Å²) >= 11 is 0. The first kappa shape index (κ1) is 19.8. The van der Waals surface area contributed by atoms with Crippen molar-refractivity contribution in [3.05, 3.63) is 91.0 Å². The Bertz CT molecular complexity index is 895. The third kappa shape index (κ3) is 6.32. The molecule has 0 aliphatic rings. The van der Waals surface area contributed by atoms with Gasteiger partial charge in [0.15, 0.2) is 0 Å². The minimum absolute atomic E-state index is 0.583. The van der Waals surface area contributed by atoms with Crippen molar-refractivity contribution in [3.8, 4) is 0 Å². The number of hydrazone groups is 3. The van der Waals surface area contributed by atoms with Crippen LogP contribution in [0.4, 0.5) is 17.1 Å². The lowest BCUT2D eigenvalue weighted by molar-refractivity contribution is 1.02. The van der Waals surface area contributed by atoms with Crippen LogP contribution in [0.2, 0.25) is 0 Å². The van der Waals surface area contributed by atoms with Gasteiger partial charge in [0.1, 0.15) is 5.71 Å². The van der Waals surface area contributed by atoms with E-state index in [-0.39, 0.29) is 0 Å². The number of para-hydroxylation sites is 3. The predicted octanol–water partition coefficient (Wildman–Crippen LogP) is 4.70. The summed E-state index contributed by atoms with van der Waals surface area (Å²) in [6.45, 7) is 0. The van der Waals surface area contributed by atoms with Crippen LogP contribution in [-0.2, 0) is 0 Å². The van der Waals surface area contributed by atoms with Gasteiger partial charge in [0.05, 0.1) is 29.5 Å². The Balaban J connectivity index is 1.77. The Morgan fingerprint density at radius 1 is 0.655 bits per heavy atom. The molecule has 0 aliphatic heterocycles. The highest BCUT2D eigenvalue weighted by atomic mass is 15.4. The van der Waals surface area contributed by atoms with E-state index in [1.165, 1.54) is 0 Å². The first-order chi connectivity index (χ1) is 14.2. The molecule has 3 rings (SSSR count). The topological polar surface area (TPSA) is 55.6 Å². The maximum Gasteiger partial charge on any atom is 0.123 e. The second-order valence-corrected chi connectivity index (χ2v) is 6.22. The molecule has 0 heterocycles. The van der Waals surface area contributed by atoms with E-state index in [4.69, 9.17) is 0 Å². The molecule has 0 aliphatic carbocycles. The normalized spacial score (nSPS) is 10.8. The van der Waals surface area contributed by atoms with Gasteiger partial charge in [-0.05, 0) is 36.4 Å². The fourth-order valence-electron chi connectivity index (χ4n) is 2.45. The maximum atomic E-state index is 4.49. The highest BCUT2D eigenvalue weighted by Gasteiger charge is 2.00. The van der Waals surface area contributed by atoms with E-state index in [1.807, 2.05) is 105 Å². The molecule has 6 heteroatoms. The molecular weight excluding hydrogens is 360 g/mol. The van der Waals surface area contributed by atoms with Crippen LogP contribution in [0.1, 0.15) is 0 Å². The van der Waals surface area contributed by atoms with E-state index in [9.17, 15) is 0 Å². The number of benzene rings is 3. The molecule has 3 aromatic carbocycles. The average Bonchev–Trinajstić information content (AvgIpc) is 2.80. The summed E-state index contributed by atoms with van der Waals surface area (Å²) in [5.41, 5.74) is 6.48. The van der Waals surface area contributed by atoms with E-state index < -0.39 is 0 Å². The van der Waals surface area contributed by atoms with Gasteiger partial charge in [0, 0.05) is 14.1 Å². The van der Waals surface area contributed by atoms with Crippen LogP contribution in [0, 0.1) is 0 Å². The number of anilines is 3. The monoisotopic (exact) mass is 384 g/mol. The molecule has 0 bridgehead atoms. The molecule has 146 valence electrons. The molecule has 29 heavy (non-hydrogen) atoms. The van der Waals surface area contributed by atoms with Crippen molar-refractivity contribution in [2.24, 2.45) is 15.3 Å². The quantitative estimate of drug-likeness (QED) is 0.452. The SMILES string of the molecule is CN(/N=C\C(/C=N\N(C)c1ccccc1)=NNc1ccccc1)c1ccccc1. The van der Waals surface area contributed by atoms with Gasteiger partial charge in [-0.25, -0.2) is 0 Å². The molecule has 0 fully saturated rings. The Hall–Kier alpha value is -3.93. The smallest absolute Gasteiger partial charge is 0.123 e. The number of rotatable bonds is 8. The van der Waals surface area contributed by atoms with Crippen molar-refractivity contribution < 1.29 is 0 Å². The van der Waals surface area contributed by atoms with Crippen LogP contribution >= 0.6 is 0 Å². The predicted molar refractivity (Wildman–Crippen MR) is 124 cm³/mol. The third-order valence-corrected chi connectivity index (χ3v) is 4.07. The molecule has 0 spiro atoms. The second-order valence-electron chi connectivity index (χ2n) is 6.22. The van der Waals surface area contributed by atoms with Crippen molar-refractivity contribution >= 4 is 35.2 Å². The standard InChI is InChI=1S/C23H24N6/c1-28(22-14-8-4-9-15-22)24-18-21(27-26-20-12-6-3-7-13-20)19-25-29(2)23-16-10-5-11-17-23/h3-19,26H,1-2H3/b24-18-,25-19-.